The van der Waals surface area contributed by atoms with Gasteiger partial charge in [0.05, 0.1) is 14.4 Å². The third-order valence-corrected chi connectivity index (χ3v) is 3.95. The first kappa shape index (κ1) is 15.3. The number of nitrogens with zero attached hydrogens (tertiary/aromatic N) is 1. The van der Waals surface area contributed by atoms with Gasteiger partial charge in [-0.2, -0.15) is 0 Å². The number of nitro groups is 1. The fraction of sp³-hybridized carbons (Fsp3) is 0.0769. The number of ether oxygens (including phenoxy) is 1. The van der Waals surface area contributed by atoms with Crippen LogP contribution in [-0.2, 0) is 6.61 Å². The maximum Gasteiger partial charge on any atom is 0.283 e. The predicted octanol–water partition coefficient (Wildman–Crippen LogP) is 5.35. The Bertz CT molecular complexity index is 664. The molecule has 0 saturated heterocycles. The van der Waals surface area contributed by atoms with Gasteiger partial charge in [-0.15, -0.1) is 0 Å². The monoisotopic (exact) mass is 419 g/mol. The molecule has 0 N–H and O–H groups in total. The SMILES string of the molecule is O=[N+]([O-])c1cc(COc2ccc(Br)cc2Cl)ccc1Br. The summed E-state index contributed by atoms with van der Waals surface area (Å²) in [5.74, 6) is 0.528. The number of hydrogen-bond acceptors (Lipinski definition) is 3. The lowest BCUT2D eigenvalue weighted by atomic mass is 10.2. The molecular weight excluding hydrogens is 413 g/mol. The van der Waals surface area contributed by atoms with E-state index in [0.29, 0.717) is 20.8 Å². The van der Waals surface area contributed by atoms with Gasteiger partial charge in [0.1, 0.15) is 12.4 Å². The molecule has 0 aliphatic rings. The molecule has 0 fully saturated rings. The fourth-order valence-corrected chi connectivity index (χ4v) is 2.66. The Morgan fingerprint density at radius 1 is 1.20 bits per heavy atom. The van der Waals surface area contributed by atoms with Gasteiger partial charge in [0.25, 0.3) is 5.69 Å². The number of halogens is 3. The smallest absolute Gasteiger partial charge is 0.283 e. The molecular formula is C13H8Br2ClNO3. The Kier molecular flexibility index (Phi) is 5.01. The van der Waals surface area contributed by atoms with Gasteiger partial charge in [0.2, 0.25) is 0 Å². The highest BCUT2D eigenvalue weighted by Crippen LogP contribution is 2.30. The Balaban J connectivity index is 2.15. The van der Waals surface area contributed by atoms with Gasteiger partial charge in [-0.1, -0.05) is 33.6 Å². The Morgan fingerprint density at radius 2 is 1.95 bits per heavy atom. The largest absolute Gasteiger partial charge is 0.487 e. The lowest BCUT2D eigenvalue weighted by Gasteiger charge is -2.08. The molecule has 0 aliphatic heterocycles. The van der Waals surface area contributed by atoms with Crippen LogP contribution in [0.1, 0.15) is 5.56 Å². The molecule has 2 aromatic carbocycles. The average Bonchev–Trinajstić information content (AvgIpc) is 2.39. The van der Waals surface area contributed by atoms with Gasteiger partial charge in [-0.3, -0.25) is 10.1 Å². The normalized spacial score (nSPS) is 10.3. The van der Waals surface area contributed by atoms with Crippen molar-refractivity contribution in [2.24, 2.45) is 0 Å². The Hall–Kier alpha value is -1.11. The van der Waals surface area contributed by atoms with Crippen LogP contribution >= 0.6 is 43.5 Å². The summed E-state index contributed by atoms with van der Waals surface area (Å²) in [5.41, 5.74) is 0.701. The van der Waals surface area contributed by atoms with E-state index < -0.39 is 4.92 Å². The summed E-state index contributed by atoms with van der Waals surface area (Å²) in [6.07, 6.45) is 0. The highest BCUT2D eigenvalue weighted by Gasteiger charge is 2.12. The van der Waals surface area contributed by atoms with Crippen LogP contribution in [0.25, 0.3) is 0 Å². The first-order valence-electron chi connectivity index (χ1n) is 5.48. The molecule has 0 heterocycles. The van der Waals surface area contributed by atoms with Gasteiger partial charge in [-0.25, -0.2) is 0 Å². The van der Waals surface area contributed by atoms with E-state index in [2.05, 4.69) is 31.9 Å². The van der Waals surface area contributed by atoms with Crippen LogP contribution in [0, 0.1) is 10.1 Å². The zero-order chi connectivity index (χ0) is 14.7. The van der Waals surface area contributed by atoms with Crippen molar-refractivity contribution in [2.75, 3.05) is 0 Å². The second-order valence-electron chi connectivity index (χ2n) is 3.91. The molecule has 4 nitrogen and oxygen atoms in total. The zero-order valence-corrected chi connectivity index (χ0v) is 13.9. The van der Waals surface area contributed by atoms with Gasteiger partial charge in [0.15, 0.2) is 0 Å². The Labute approximate surface area is 137 Å². The minimum Gasteiger partial charge on any atom is -0.487 e. The van der Waals surface area contributed by atoms with Crippen molar-refractivity contribution in [2.45, 2.75) is 6.61 Å². The minimum absolute atomic E-state index is 0.00741. The van der Waals surface area contributed by atoms with Gasteiger partial charge in [-0.05, 0) is 45.8 Å². The van der Waals surface area contributed by atoms with E-state index in [1.807, 2.05) is 6.07 Å². The van der Waals surface area contributed by atoms with E-state index in [1.54, 1.807) is 24.3 Å². The predicted molar refractivity (Wildman–Crippen MR) is 84.3 cm³/mol. The van der Waals surface area contributed by atoms with Crippen LogP contribution < -0.4 is 4.74 Å². The maximum atomic E-state index is 10.8. The molecule has 2 rings (SSSR count). The molecule has 104 valence electrons. The van der Waals surface area contributed by atoms with Gasteiger partial charge in [0, 0.05) is 10.5 Å². The second-order valence-corrected chi connectivity index (χ2v) is 6.08. The topological polar surface area (TPSA) is 52.4 Å². The van der Waals surface area contributed by atoms with E-state index in [1.165, 1.54) is 6.07 Å². The molecule has 20 heavy (non-hydrogen) atoms. The average molecular weight is 421 g/mol. The third-order valence-electron chi connectivity index (χ3n) is 2.50. The number of nitro benzene ring substituents is 1. The third kappa shape index (κ3) is 3.71. The van der Waals surface area contributed by atoms with Crippen molar-refractivity contribution in [1.29, 1.82) is 0 Å². The number of benzene rings is 2. The molecule has 7 heteroatoms. The molecule has 0 unspecified atom stereocenters. The van der Waals surface area contributed by atoms with Crippen LogP contribution in [0.2, 0.25) is 5.02 Å². The van der Waals surface area contributed by atoms with Crippen LogP contribution in [0.4, 0.5) is 5.69 Å². The van der Waals surface area contributed by atoms with E-state index in [0.717, 1.165) is 4.47 Å². The maximum absolute atomic E-state index is 10.8. The van der Waals surface area contributed by atoms with E-state index in [-0.39, 0.29) is 12.3 Å². The second kappa shape index (κ2) is 6.56. The standard InChI is InChI=1S/C13H8Br2ClNO3/c14-9-2-4-13(11(16)6-9)20-7-8-1-3-10(15)12(5-8)17(18)19/h1-6H,7H2. The van der Waals surface area contributed by atoms with Gasteiger partial charge < -0.3 is 4.74 Å². The molecule has 2 aromatic rings. The highest BCUT2D eigenvalue weighted by atomic mass is 79.9. The molecule has 0 aliphatic carbocycles. The lowest BCUT2D eigenvalue weighted by molar-refractivity contribution is -0.385. The summed E-state index contributed by atoms with van der Waals surface area (Å²) in [7, 11) is 0. The van der Waals surface area contributed by atoms with Crippen LogP contribution in [-0.4, -0.2) is 4.92 Å². The molecule has 0 radical (unpaired) electrons. The minimum atomic E-state index is -0.444. The van der Waals surface area contributed by atoms with E-state index in [9.17, 15) is 10.1 Å². The first-order chi connectivity index (χ1) is 9.47. The van der Waals surface area contributed by atoms with E-state index >= 15 is 0 Å². The quantitative estimate of drug-likeness (QED) is 0.494. The summed E-state index contributed by atoms with van der Waals surface area (Å²) in [6.45, 7) is 0.204. The summed E-state index contributed by atoms with van der Waals surface area (Å²) < 4.78 is 6.86. The Morgan fingerprint density at radius 3 is 2.60 bits per heavy atom. The van der Waals surface area contributed by atoms with Crippen LogP contribution in [0.15, 0.2) is 45.3 Å². The molecule has 0 bridgehead atoms. The highest BCUT2D eigenvalue weighted by molar-refractivity contribution is 9.10. The summed E-state index contributed by atoms with van der Waals surface area (Å²) in [5, 5.41) is 11.3. The first-order valence-corrected chi connectivity index (χ1v) is 7.44. The summed E-state index contributed by atoms with van der Waals surface area (Å²) in [4.78, 5) is 10.4. The van der Waals surface area contributed by atoms with Crippen molar-refractivity contribution in [1.82, 2.24) is 0 Å². The lowest BCUT2D eigenvalue weighted by Crippen LogP contribution is -1.98. The van der Waals surface area contributed by atoms with Gasteiger partial charge >= 0.3 is 0 Å². The molecule has 0 amide bonds. The number of rotatable bonds is 4. The van der Waals surface area contributed by atoms with Crippen molar-refractivity contribution in [3.05, 3.63) is 66.0 Å². The molecule has 0 atom stereocenters. The zero-order valence-electron chi connectivity index (χ0n) is 9.98. The summed E-state index contributed by atoms with van der Waals surface area (Å²) >= 11 is 12.5. The van der Waals surface area contributed by atoms with Crippen molar-refractivity contribution in [3.63, 3.8) is 0 Å². The molecule has 0 saturated carbocycles. The molecule has 0 spiro atoms. The van der Waals surface area contributed by atoms with Crippen LogP contribution in [0.3, 0.4) is 0 Å². The van der Waals surface area contributed by atoms with Crippen LogP contribution in [0.5, 0.6) is 5.75 Å². The summed E-state index contributed by atoms with van der Waals surface area (Å²) in [6, 6.07) is 10.1. The van der Waals surface area contributed by atoms with Crippen molar-refractivity contribution in [3.8, 4) is 5.75 Å². The molecule has 0 aromatic heterocycles. The fourth-order valence-electron chi connectivity index (χ4n) is 1.54. The van der Waals surface area contributed by atoms with Crippen molar-refractivity contribution < 1.29 is 9.66 Å². The number of hydrogen-bond donors (Lipinski definition) is 0. The van der Waals surface area contributed by atoms with E-state index in [4.69, 9.17) is 16.3 Å². The van der Waals surface area contributed by atoms with Crippen molar-refractivity contribution >= 4 is 49.1 Å².